The molecule has 0 saturated heterocycles. The highest BCUT2D eigenvalue weighted by Gasteiger charge is 2.31. The average Bonchev–Trinajstić information content (AvgIpc) is 2.45. The normalized spacial score (nSPS) is 13.2. The smallest absolute Gasteiger partial charge is 0.306 e. The lowest BCUT2D eigenvalue weighted by Gasteiger charge is -2.21. The number of alkyl halides is 3. The third-order valence-corrected chi connectivity index (χ3v) is 3.35. The van der Waals surface area contributed by atoms with Crippen LogP contribution in [-0.4, -0.2) is 11.5 Å². The van der Waals surface area contributed by atoms with Crippen LogP contribution in [0.1, 0.15) is 35.2 Å². The van der Waals surface area contributed by atoms with Crippen molar-refractivity contribution in [3.63, 3.8) is 0 Å². The fourth-order valence-electron chi connectivity index (χ4n) is 2.28. The van der Waals surface area contributed by atoms with Crippen molar-refractivity contribution in [2.45, 2.75) is 26.1 Å². The first-order chi connectivity index (χ1) is 9.93. The molecule has 112 valence electrons. The van der Waals surface area contributed by atoms with Crippen LogP contribution >= 0.6 is 0 Å². The second-order valence-electron chi connectivity index (χ2n) is 4.85. The molecule has 0 saturated carbocycles. The molecule has 1 aromatic carbocycles. The monoisotopic (exact) mass is 294 g/mol. The quantitative estimate of drug-likeness (QED) is 0.918. The Balaban J connectivity index is 2.46. The Bertz CT molecular complexity index is 608. The van der Waals surface area contributed by atoms with Gasteiger partial charge in [-0.3, -0.25) is 4.98 Å². The Morgan fingerprint density at radius 3 is 2.62 bits per heavy atom. The van der Waals surface area contributed by atoms with Gasteiger partial charge in [-0.2, -0.15) is 13.2 Å². The van der Waals surface area contributed by atoms with Gasteiger partial charge < -0.3 is 5.32 Å². The maximum Gasteiger partial charge on any atom is 0.416 e. The van der Waals surface area contributed by atoms with Crippen molar-refractivity contribution in [1.29, 1.82) is 0 Å². The number of halogens is 3. The second kappa shape index (κ2) is 6.26. The van der Waals surface area contributed by atoms with Gasteiger partial charge in [0.25, 0.3) is 0 Å². The van der Waals surface area contributed by atoms with Crippen LogP contribution in [0.3, 0.4) is 0 Å². The first-order valence-electron chi connectivity index (χ1n) is 6.74. The molecule has 0 aliphatic rings. The molecule has 2 rings (SSSR count). The van der Waals surface area contributed by atoms with Crippen LogP contribution < -0.4 is 5.32 Å². The first-order valence-corrected chi connectivity index (χ1v) is 6.74. The lowest BCUT2D eigenvalue weighted by atomic mass is 9.95. The second-order valence-corrected chi connectivity index (χ2v) is 4.85. The number of benzene rings is 1. The van der Waals surface area contributed by atoms with Crippen molar-refractivity contribution >= 4 is 0 Å². The molecular weight excluding hydrogens is 277 g/mol. The zero-order valence-corrected chi connectivity index (χ0v) is 11.9. The van der Waals surface area contributed by atoms with E-state index < -0.39 is 11.7 Å². The van der Waals surface area contributed by atoms with Gasteiger partial charge in [0, 0.05) is 12.4 Å². The molecule has 5 heteroatoms. The van der Waals surface area contributed by atoms with Crippen LogP contribution in [0.15, 0.2) is 42.7 Å². The van der Waals surface area contributed by atoms with Crippen LogP contribution in [0.2, 0.25) is 0 Å². The van der Waals surface area contributed by atoms with Crippen molar-refractivity contribution in [3.05, 3.63) is 65.0 Å². The van der Waals surface area contributed by atoms with Gasteiger partial charge in [-0.05, 0) is 48.4 Å². The lowest BCUT2D eigenvalue weighted by Crippen LogP contribution is -2.23. The van der Waals surface area contributed by atoms with E-state index in [2.05, 4.69) is 10.3 Å². The Labute approximate surface area is 122 Å². The van der Waals surface area contributed by atoms with Gasteiger partial charge in [0.2, 0.25) is 0 Å². The summed E-state index contributed by atoms with van der Waals surface area (Å²) >= 11 is 0. The summed E-state index contributed by atoms with van der Waals surface area (Å²) in [6.45, 7) is 4.50. The third-order valence-electron chi connectivity index (χ3n) is 3.35. The summed E-state index contributed by atoms with van der Waals surface area (Å²) in [5.41, 5.74) is 1.83. The Morgan fingerprint density at radius 1 is 1.24 bits per heavy atom. The zero-order valence-electron chi connectivity index (χ0n) is 11.9. The first kappa shape index (κ1) is 15.5. The SMILES string of the molecule is CCNC(c1cccc(C(F)(F)F)c1)c1cnccc1C. The van der Waals surface area contributed by atoms with Crippen molar-refractivity contribution in [3.8, 4) is 0 Å². The number of pyridine rings is 1. The van der Waals surface area contributed by atoms with E-state index in [9.17, 15) is 13.2 Å². The van der Waals surface area contributed by atoms with E-state index >= 15 is 0 Å². The molecule has 0 aliphatic heterocycles. The molecule has 1 heterocycles. The Morgan fingerprint density at radius 2 is 2.00 bits per heavy atom. The molecule has 0 amide bonds. The minimum absolute atomic E-state index is 0.300. The summed E-state index contributed by atoms with van der Waals surface area (Å²) in [5, 5.41) is 3.23. The van der Waals surface area contributed by atoms with E-state index in [1.54, 1.807) is 18.5 Å². The lowest BCUT2D eigenvalue weighted by molar-refractivity contribution is -0.137. The summed E-state index contributed by atoms with van der Waals surface area (Å²) in [5.74, 6) is 0. The molecule has 0 fully saturated rings. The molecule has 1 N–H and O–H groups in total. The Kier molecular flexibility index (Phi) is 4.63. The van der Waals surface area contributed by atoms with Gasteiger partial charge in [-0.15, -0.1) is 0 Å². The molecule has 0 radical (unpaired) electrons. The van der Waals surface area contributed by atoms with Crippen molar-refractivity contribution in [1.82, 2.24) is 10.3 Å². The van der Waals surface area contributed by atoms with Gasteiger partial charge >= 0.3 is 6.18 Å². The predicted molar refractivity (Wildman–Crippen MR) is 75.9 cm³/mol. The van der Waals surface area contributed by atoms with E-state index in [1.807, 2.05) is 19.9 Å². The number of nitrogens with one attached hydrogen (secondary N) is 1. The molecule has 0 aliphatic carbocycles. The van der Waals surface area contributed by atoms with Gasteiger partial charge in [0.05, 0.1) is 11.6 Å². The van der Waals surface area contributed by atoms with Crippen molar-refractivity contribution in [2.75, 3.05) is 6.54 Å². The number of aryl methyl sites for hydroxylation is 1. The topological polar surface area (TPSA) is 24.9 Å². The van der Waals surface area contributed by atoms with E-state index in [-0.39, 0.29) is 6.04 Å². The highest BCUT2D eigenvalue weighted by atomic mass is 19.4. The minimum atomic E-state index is -4.34. The standard InChI is InChI=1S/C16H17F3N2/c1-3-21-15(14-10-20-8-7-11(14)2)12-5-4-6-13(9-12)16(17,18)19/h4-10,15,21H,3H2,1-2H3. The van der Waals surface area contributed by atoms with Gasteiger partial charge in [-0.25, -0.2) is 0 Å². The maximum atomic E-state index is 12.9. The Hall–Kier alpha value is -1.88. The minimum Gasteiger partial charge on any atom is -0.306 e. The molecule has 21 heavy (non-hydrogen) atoms. The van der Waals surface area contributed by atoms with Crippen molar-refractivity contribution < 1.29 is 13.2 Å². The maximum absolute atomic E-state index is 12.9. The van der Waals surface area contributed by atoms with Crippen LogP contribution in [0.4, 0.5) is 13.2 Å². The fourth-order valence-corrected chi connectivity index (χ4v) is 2.28. The summed E-state index contributed by atoms with van der Waals surface area (Å²) in [6.07, 6.45) is -0.965. The highest BCUT2D eigenvalue weighted by Crippen LogP contribution is 2.32. The van der Waals surface area contributed by atoms with E-state index in [0.29, 0.717) is 12.1 Å². The number of aromatic nitrogens is 1. The van der Waals surface area contributed by atoms with Gasteiger partial charge in [0.1, 0.15) is 0 Å². The van der Waals surface area contributed by atoms with Crippen LogP contribution in [0.25, 0.3) is 0 Å². The largest absolute Gasteiger partial charge is 0.416 e. The molecule has 1 atom stereocenters. The highest BCUT2D eigenvalue weighted by molar-refractivity contribution is 5.37. The average molecular weight is 294 g/mol. The van der Waals surface area contributed by atoms with Gasteiger partial charge in [-0.1, -0.05) is 19.1 Å². The van der Waals surface area contributed by atoms with E-state index in [4.69, 9.17) is 0 Å². The summed E-state index contributed by atoms with van der Waals surface area (Å²) in [4.78, 5) is 4.08. The number of nitrogens with zero attached hydrogens (tertiary/aromatic N) is 1. The molecular formula is C16H17F3N2. The van der Waals surface area contributed by atoms with E-state index in [1.165, 1.54) is 12.1 Å². The van der Waals surface area contributed by atoms with Crippen LogP contribution in [-0.2, 0) is 6.18 Å². The number of hydrogen-bond donors (Lipinski definition) is 1. The van der Waals surface area contributed by atoms with Crippen molar-refractivity contribution in [2.24, 2.45) is 0 Å². The fraction of sp³-hybridized carbons (Fsp3) is 0.312. The number of rotatable bonds is 4. The molecule has 1 unspecified atom stereocenters. The molecule has 0 spiro atoms. The molecule has 2 nitrogen and oxygen atoms in total. The molecule has 0 bridgehead atoms. The van der Waals surface area contributed by atoms with E-state index in [0.717, 1.165) is 17.2 Å². The van der Waals surface area contributed by atoms with Crippen LogP contribution in [0.5, 0.6) is 0 Å². The molecule has 1 aromatic heterocycles. The molecule has 2 aromatic rings. The van der Waals surface area contributed by atoms with Crippen LogP contribution in [0, 0.1) is 6.92 Å². The summed E-state index contributed by atoms with van der Waals surface area (Å²) in [7, 11) is 0. The number of hydrogen-bond acceptors (Lipinski definition) is 2. The predicted octanol–water partition coefficient (Wildman–Crippen LogP) is 4.11. The third kappa shape index (κ3) is 3.61. The van der Waals surface area contributed by atoms with Gasteiger partial charge in [0.15, 0.2) is 0 Å². The summed E-state index contributed by atoms with van der Waals surface area (Å²) in [6, 6.07) is 6.98. The zero-order chi connectivity index (χ0) is 15.5. The summed E-state index contributed by atoms with van der Waals surface area (Å²) < 4.78 is 38.6.